The molecule has 2 atom stereocenters. The first-order chi connectivity index (χ1) is 19.2. The third-order valence-corrected chi connectivity index (χ3v) is 7.41. The number of aromatic nitrogens is 2. The predicted octanol–water partition coefficient (Wildman–Crippen LogP) is 4.22. The maximum absolute atomic E-state index is 12.1. The van der Waals surface area contributed by atoms with Crippen LogP contribution in [0.25, 0.3) is 5.69 Å². The molecule has 40 heavy (non-hydrogen) atoms. The van der Waals surface area contributed by atoms with Gasteiger partial charge in [0.2, 0.25) is 10.0 Å². The molecule has 1 fully saturated rings. The highest BCUT2D eigenvalue weighted by molar-refractivity contribution is 7.92. The van der Waals surface area contributed by atoms with Crippen LogP contribution in [0.5, 0.6) is 5.75 Å². The van der Waals surface area contributed by atoms with Crippen LogP contribution in [-0.2, 0) is 14.8 Å². The van der Waals surface area contributed by atoms with E-state index in [-0.39, 0.29) is 12.1 Å². The van der Waals surface area contributed by atoms with Gasteiger partial charge in [0.25, 0.3) is 0 Å². The molecule has 0 aliphatic carbocycles. The van der Waals surface area contributed by atoms with Crippen molar-refractivity contribution in [3.05, 3.63) is 102 Å². The van der Waals surface area contributed by atoms with Gasteiger partial charge in [0.1, 0.15) is 11.8 Å². The summed E-state index contributed by atoms with van der Waals surface area (Å²) in [6, 6.07) is 21.2. The summed E-state index contributed by atoms with van der Waals surface area (Å²) in [7, 11) is -0.752. The molecule has 0 unspecified atom stereocenters. The Hall–Kier alpha value is -4.42. The number of esters is 1. The number of benzene rings is 2. The summed E-state index contributed by atoms with van der Waals surface area (Å²) in [5, 5.41) is 3.86. The van der Waals surface area contributed by atoms with Crippen molar-refractivity contribution in [3.63, 3.8) is 0 Å². The molecule has 4 aromatic rings. The number of pyridine rings is 1. The fourth-order valence-corrected chi connectivity index (χ4v) is 5.71. The molecule has 2 aromatic carbocycles. The first kappa shape index (κ1) is 27.2. The topological polar surface area (TPSA) is 115 Å². The summed E-state index contributed by atoms with van der Waals surface area (Å²) < 4.78 is 38.9. The van der Waals surface area contributed by atoms with Gasteiger partial charge in [0, 0.05) is 29.5 Å². The summed E-state index contributed by atoms with van der Waals surface area (Å²) >= 11 is 5.84. The van der Waals surface area contributed by atoms with Crippen molar-refractivity contribution in [3.8, 4) is 11.4 Å². The highest BCUT2D eigenvalue weighted by Crippen LogP contribution is 2.43. The summed E-state index contributed by atoms with van der Waals surface area (Å²) in [6.07, 6.45) is 4.74. The lowest BCUT2D eigenvalue weighted by molar-refractivity contribution is 0.0600. The number of hydrogen-bond acceptors (Lipinski definition) is 7. The Labute approximate surface area is 237 Å². The number of thiocarbonyl (C=S) groups is 1. The standard InChI is InChI=1S/C28H27N5O5S2/c1-37-24-14-13-20(17-22(24)31-40(3,35)36)33-26(25(30-28(33)39)21-7-4-5-15-29-21)23-8-6-16-32(23)19-11-9-18(10-12-19)27(34)38-2/h4-17,25-26,31H,1-3H3,(H,30,39)/t25-,26-/m1/s1. The fraction of sp³-hybridized carbons (Fsp3) is 0.179. The lowest BCUT2D eigenvalue weighted by Gasteiger charge is -2.29. The van der Waals surface area contributed by atoms with Crippen LogP contribution < -0.4 is 19.7 Å². The molecule has 1 aliphatic rings. The highest BCUT2D eigenvalue weighted by Gasteiger charge is 2.42. The Bertz CT molecular complexity index is 1660. The zero-order chi connectivity index (χ0) is 28.4. The Morgan fingerprint density at radius 1 is 1.02 bits per heavy atom. The minimum atomic E-state index is -3.57. The van der Waals surface area contributed by atoms with Crippen molar-refractivity contribution < 1.29 is 22.7 Å². The molecule has 0 saturated carbocycles. The van der Waals surface area contributed by atoms with E-state index in [0.29, 0.717) is 27.8 Å². The van der Waals surface area contributed by atoms with Crippen LogP contribution in [0.3, 0.4) is 0 Å². The smallest absolute Gasteiger partial charge is 0.337 e. The van der Waals surface area contributed by atoms with Gasteiger partial charge in [0.15, 0.2) is 5.11 Å². The van der Waals surface area contributed by atoms with E-state index in [9.17, 15) is 13.2 Å². The minimum absolute atomic E-state index is 0.291. The summed E-state index contributed by atoms with van der Waals surface area (Å²) in [6.45, 7) is 0. The van der Waals surface area contributed by atoms with E-state index in [1.807, 2.05) is 64.2 Å². The summed E-state index contributed by atoms with van der Waals surface area (Å²) in [5.41, 5.74) is 3.90. The van der Waals surface area contributed by atoms with E-state index in [2.05, 4.69) is 15.0 Å². The average Bonchev–Trinajstić information content (AvgIpc) is 3.56. The Morgan fingerprint density at radius 3 is 2.42 bits per heavy atom. The molecule has 2 N–H and O–H groups in total. The third kappa shape index (κ3) is 5.36. The molecular weight excluding hydrogens is 550 g/mol. The molecule has 0 amide bonds. The zero-order valence-electron chi connectivity index (χ0n) is 21.9. The Kier molecular flexibility index (Phi) is 7.46. The second kappa shape index (κ2) is 11.0. The van der Waals surface area contributed by atoms with E-state index < -0.39 is 16.0 Å². The van der Waals surface area contributed by atoms with Gasteiger partial charge >= 0.3 is 5.97 Å². The molecule has 1 saturated heterocycles. The lowest BCUT2D eigenvalue weighted by atomic mass is 10.0. The minimum Gasteiger partial charge on any atom is -0.495 e. The van der Waals surface area contributed by atoms with Crippen LogP contribution in [0, 0.1) is 0 Å². The number of ether oxygens (including phenoxy) is 2. The van der Waals surface area contributed by atoms with Gasteiger partial charge in [-0.15, -0.1) is 0 Å². The highest BCUT2D eigenvalue weighted by atomic mass is 32.2. The third-order valence-electron chi connectivity index (χ3n) is 6.50. The number of sulfonamides is 1. The van der Waals surface area contributed by atoms with Crippen molar-refractivity contribution >= 4 is 44.7 Å². The van der Waals surface area contributed by atoms with Crippen LogP contribution in [0.4, 0.5) is 11.4 Å². The van der Waals surface area contributed by atoms with Crippen molar-refractivity contribution in [1.29, 1.82) is 0 Å². The number of rotatable bonds is 8. The van der Waals surface area contributed by atoms with Crippen molar-refractivity contribution in [2.75, 3.05) is 30.1 Å². The van der Waals surface area contributed by atoms with Crippen molar-refractivity contribution in [1.82, 2.24) is 14.9 Å². The van der Waals surface area contributed by atoms with Crippen molar-refractivity contribution in [2.45, 2.75) is 12.1 Å². The molecule has 0 bridgehead atoms. The maximum atomic E-state index is 12.1. The van der Waals surface area contributed by atoms with Gasteiger partial charge in [0.05, 0.1) is 43.5 Å². The number of nitrogens with one attached hydrogen (secondary N) is 2. The number of methoxy groups -OCH3 is 2. The molecule has 3 heterocycles. The van der Waals surface area contributed by atoms with Gasteiger partial charge in [-0.25, -0.2) is 13.2 Å². The monoisotopic (exact) mass is 577 g/mol. The van der Waals surface area contributed by atoms with E-state index in [1.165, 1.54) is 14.2 Å². The number of carbonyl (C=O) groups is 1. The molecular formula is C28H27N5O5S2. The largest absolute Gasteiger partial charge is 0.495 e. The predicted molar refractivity (Wildman–Crippen MR) is 157 cm³/mol. The summed E-state index contributed by atoms with van der Waals surface area (Å²) in [4.78, 5) is 18.5. The second-order valence-electron chi connectivity index (χ2n) is 9.10. The fourth-order valence-electron chi connectivity index (χ4n) is 4.80. The molecule has 5 rings (SSSR count). The Morgan fingerprint density at radius 2 is 1.77 bits per heavy atom. The number of carbonyl (C=O) groups excluding carboxylic acids is 1. The van der Waals surface area contributed by atoms with E-state index in [0.717, 1.165) is 23.3 Å². The molecule has 0 radical (unpaired) electrons. The maximum Gasteiger partial charge on any atom is 0.337 e. The Balaban J connectivity index is 1.64. The van der Waals surface area contributed by atoms with Gasteiger partial charge in [-0.05, 0) is 78.9 Å². The first-order valence-electron chi connectivity index (χ1n) is 12.2. The van der Waals surface area contributed by atoms with E-state index in [1.54, 1.807) is 30.5 Å². The van der Waals surface area contributed by atoms with Crippen LogP contribution in [0.15, 0.2) is 85.2 Å². The quantitative estimate of drug-likeness (QED) is 0.235. The van der Waals surface area contributed by atoms with Crippen LogP contribution in [0.1, 0.15) is 33.8 Å². The molecule has 12 heteroatoms. The van der Waals surface area contributed by atoms with Crippen LogP contribution in [-0.4, -0.2) is 49.5 Å². The molecule has 0 spiro atoms. The SMILES string of the molecule is COC(=O)c1ccc(-n2cccc2[C@@H]2[C@@H](c3ccccn3)NC(=S)N2c2ccc(OC)c(NS(C)(=O)=O)c2)cc1. The molecule has 1 aliphatic heterocycles. The average molecular weight is 578 g/mol. The van der Waals surface area contributed by atoms with Gasteiger partial charge in [-0.2, -0.15) is 0 Å². The van der Waals surface area contributed by atoms with Crippen molar-refractivity contribution in [2.24, 2.45) is 0 Å². The number of nitrogens with zero attached hydrogens (tertiary/aromatic N) is 3. The lowest BCUT2D eigenvalue weighted by Crippen LogP contribution is -2.30. The van der Waals surface area contributed by atoms with Crippen LogP contribution in [0.2, 0.25) is 0 Å². The van der Waals surface area contributed by atoms with Gasteiger partial charge < -0.3 is 24.3 Å². The molecule has 2 aromatic heterocycles. The number of hydrogen-bond donors (Lipinski definition) is 2. The molecule has 10 nitrogen and oxygen atoms in total. The van der Waals surface area contributed by atoms with Crippen LogP contribution >= 0.6 is 12.2 Å². The molecule has 206 valence electrons. The van der Waals surface area contributed by atoms with E-state index in [4.69, 9.17) is 21.7 Å². The number of anilines is 2. The summed E-state index contributed by atoms with van der Waals surface area (Å²) in [5.74, 6) is -0.0387. The van der Waals surface area contributed by atoms with Gasteiger partial charge in [-0.3, -0.25) is 9.71 Å². The van der Waals surface area contributed by atoms with E-state index >= 15 is 0 Å². The zero-order valence-corrected chi connectivity index (χ0v) is 23.6. The van der Waals surface area contributed by atoms with Gasteiger partial charge in [-0.1, -0.05) is 6.07 Å². The second-order valence-corrected chi connectivity index (χ2v) is 11.2. The normalized spacial score (nSPS) is 16.9. The first-order valence-corrected chi connectivity index (χ1v) is 14.5.